The molecule has 5 nitrogen and oxygen atoms in total. The van der Waals surface area contributed by atoms with Crippen molar-refractivity contribution in [3.63, 3.8) is 0 Å². The Kier molecular flexibility index (Phi) is 5.84. The van der Waals surface area contributed by atoms with Gasteiger partial charge in [0.05, 0.1) is 6.10 Å². The predicted molar refractivity (Wildman–Crippen MR) is 98.3 cm³/mol. The van der Waals surface area contributed by atoms with Crippen molar-refractivity contribution in [2.75, 3.05) is 5.32 Å². The molecule has 4 N–H and O–H groups in total. The van der Waals surface area contributed by atoms with Crippen LogP contribution < -0.4 is 15.8 Å². The van der Waals surface area contributed by atoms with Gasteiger partial charge < -0.3 is 21.0 Å². The van der Waals surface area contributed by atoms with Gasteiger partial charge in [-0.15, -0.1) is 6.58 Å². The number of nitrogens with two attached hydrogens (primary N) is 1. The summed E-state index contributed by atoms with van der Waals surface area (Å²) in [5, 5.41) is 15.0. The van der Waals surface area contributed by atoms with Crippen LogP contribution in [0.1, 0.15) is 25.0 Å². The minimum Gasteiger partial charge on any atom is -0.491 e. The van der Waals surface area contributed by atoms with Crippen LogP contribution >= 0.6 is 0 Å². The highest BCUT2D eigenvalue weighted by Crippen LogP contribution is 2.27. The third-order valence-corrected chi connectivity index (χ3v) is 3.36. The number of hydrogen-bond acceptors (Lipinski definition) is 4. The molecule has 0 aromatic heterocycles. The third kappa shape index (κ3) is 4.52. The third-order valence-electron chi connectivity index (χ3n) is 3.36. The standard InChI is InChI=1S/C19H23N3O2/c1-4-5-15-12-17(10-11-18(15)24-13(2)3)21-16-8-6-14(7-9-16)19(20)22-23/h4,6-13,21,23H,1,5H2,2-3H3,(H2,20,22). The molecule has 2 aromatic carbocycles. The number of benzene rings is 2. The molecule has 0 heterocycles. The Balaban J connectivity index is 2.20. The van der Waals surface area contributed by atoms with E-state index in [1.165, 1.54) is 0 Å². The van der Waals surface area contributed by atoms with Crippen molar-refractivity contribution in [3.05, 3.63) is 66.2 Å². The van der Waals surface area contributed by atoms with Crippen LogP contribution in [-0.4, -0.2) is 17.1 Å². The van der Waals surface area contributed by atoms with Gasteiger partial charge in [-0.25, -0.2) is 0 Å². The highest BCUT2D eigenvalue weighted by Gasteiger charge is 2.07. The summed E-state index contributed by atoms with van der Waals surface area (Å²) in [7, 11) is 0. The van der Waals surface area contributed by atoms with Crippen molar-refractivity contribution in [2.24, 2.45) is 10.9 Å². The second-order valence-corrected chi connectivity index (χ2v) is 5.67. The van der Waals surface area contributed by atoms with Crippen LogP contribution in [0.5, 0.6) is 5.75 Å². The molecule has 2 rings (SSSR count). The van der Waals surface area contributed by atoms with Crippen LogP contribution in [0.15, 0.2) is 60.3 Å². The van der Waals surface area contributed by atoms with E-state index in [-0.39, 0.29) is 11.9 Å². The van der Waals surface area contributed by atoms with Gasteiger partial charge in [0.15, 0.2) is 5.84 Å². The summed E-state index contributed by atoms with van der Waals surface area (Å²) in [6.07, 6.45) is 2.72. The average molecular weight is 325 g/mol. The first kappa shape index (κ1) is 17.4. The van der Waals surface area contributed by atoms with Gasteiger partial charge in [0, 0.05) is 16.9 Å². The molecule has 0 spiro atoms. The summed E-state index contributed by atoms with van der Waals surface area (Å²) in [6, 6.07) is 13.3. The molecule has 0 aliphatic heterocycles. The number of amidine groups is 1. The first-order chi connectivity index (χ1) is 11.5. The van der Waals surface area contributed by atoms with Crippen LogP contribution in [0.4, 0.5) is 11.4 Å². The zero-order valence-electron chi connectivity index (χ0n) is 14.0. The summed E-state index contributed by atoms with van der Waals surface area (Å²) >= 11 is 0. The number of nitrogens with zero attached hydrogens (tertiary/aromatic N) is 1. The maximum absolute atomic E-state index is 8.69. The molecule has 0 amide bonds. The van der Waals surface area contributed by atoms with Crippen molar-refractivity contribution in [1.82, 2.24) is 0 Å². The Morgan fingerprint density at radius 3 is 2.50 bits per heavy atom. The Labute approximate surface area is 142 Å². The summed E-state index contributed by atoms with van der Waals surface area (Å²) < 4.78 is 5.83. The minimum atomic E-state index is 0.0880. The molecule has 0 bridgehead atoms. The fourth-order valence-corrected chi connectivity index (χ4v) is 2.29. The Hall–Kier alpha value is -2.95. The molecule has 0 atom stereocenters. The molecule has 0 saturated carbocycles. The van der Waals surface area contributed by atoms with Crippen molar-refractivity contribution in [2.45, 2.75) is 26.4 Å². The lowest BCUT2D eigenvalue weighted by molar-refractivity contribution is 0.240. The average Bonchev–Trinajstić information content (AvgIpc) is 2.57. The molecule has 0 fully saturated rings. The topological polar surface area (TPSA) is 79.9 Å². The van der Waals surface area contributed by atoms with Gasteiger partial charge in [-0.3, -0.25) is 0 Å². The molecule has 126 valence electrons. The second-order valence-electron chi connectivity index (χ2n) is 5.67. The molecule has 24 heavy (non-hydrogen) atoms. The lowest BCUT2D eigenvalue weighted by atomic mass is 10.1. The quantitative estimate of drug-likeness (QED) is 0.236. The number of allylic oxidation sites excluding steroid dienone is 1. The number of rotatable bonds is 7. The Morgan fingerprint density at radius 1 is 1.25 bits per heavy atom. The van der Waals surface area contributed by atoms with E-state index in [1.54, 1.807) is 12.1 Å². The van der Waals surface area contributed by atoms with Gasteiger partial charge in [0.1, 0.15) is 5.75 Å². The van der Waals surface area contributed by atoms with E-state index in [0.29, 0.717) is 5.56 Å². The van der Waals surface area contributed by atoms with Crippen LogP contribution in [0.2, 0.25) is 0 Å². The van der Waals surface area contributed by atoms with Gasteiger partial charge >= 0.3 is 0 Å². The van der Waals surface area contributed by atoms with E-state index >= 15 is 0 Å². The highest BCUT2D eigenvalue weighted by molar-refractivity contribution is 5.97. The first-order valence-corrected chi connectivity index (χ1v) is 7.79. The Morgan fingerprint density at radius 2 is 1.92 bits per heavy atom. The second kappa shape index (κ2) is 8.06. The van der Waals surface area contributed by atoms with E-state index in [1.807, 2.05) is 44.2 Å². The van der Waals surface area contributed by atoms with Crippen LogP contribution in [0, 0.1) is 0 Å². The molecule has 0 saturated heterocycles. The minimum absolute atomic E-state index is 0.0880. The molecule has 0 unspecified atom stereocenters. The van der Waals surface area contributed by atoms with Crippen molar-refractivity contribution in [1.29, 1.82) is 0 Å². The molecular formula is C19H23N3O2. The fraction of sp³-hybridized carbons (Fsp3) is 0.211. The highest BCUT2D eigenvalue weighted by atomic mass is 16.5. The zero-order valence-corrected chi connectivity index (χ0v) is 14.0. The van der Waals surface area contributed by atoms with Crippen molar-refractivity contribution >= 4 is 17.2 Å². The van der Waals surface area contributed by atoms with Crippen LogP contribution in [0.25, 0.3) is 0 Å². The predicted octanol–water partition coefficient (Wildman–Crippen LogP) is 4.04. The van der Waals surface area contributed by atoms with Gasteiger partial charge in [-0.2, -0.15) is 0 Å². The summed E-state index contributed by atoms with van der Waals surface area (Å²) in [5.41, 5.74) is 9.17. The number of hydrogen-bond donors (Lipinski definition) is 3. The number of nitrogens with one attached hydrogen (secondary N) is 1. The van der Waals surface area contributed by atoms with E-state index in [0.717, 1.165) is 29.1 Å². The molecule has 0 aliphatic rings. The van der Waals surface area contributed by atoms with Crippen molar-refractivity contribution < 1.29 is 9.94 Å². The van der Waals surface area contributed by atoms with Gasteiger partial charge in [-0.1, -0.05) is 11.2 Å². The lowest BCUT2D eigenvalue weighted by Gasteiger charge is -2.15. The fourth-order valence-electron chi connectivity index (χ4n) is 2.29. The van der Waals surface area contributed by atoms with Gasteiger partial charge in [0.2, 0.25) is 0 Å². The summed E-state index contributed by atoms with van der Waals surface area (Å²) in [5.74, 6) is 0.961. The normalized spacial score (nSPS) is 11.4. The molecule has 2 aromatic rings. The van der Waals surface area contributed by atoms with Gasteiger partial charge in [0.25, 0.3) is 0 Å². The van der Waals surface area contributed by atoms with E-state index in [9.17, 15) is 0 Å². The largest absolute Gasteiger partial charge is 0.491 e. The van der Waals surface area contributed by atoms with Crippen LogP contribution in [-0.2, 0) is 6.42 Å². The van der Waals surface area contributed by atoms with E-state index in [4.69, 9.17) is 15.7 Å². The summed E-state index contributed by atoms with van der Waals surface area (Å²) in [6.45, 7) is 7.82. The van der Waals surface area contributed by atoms with E-state index in [2.05, 4.69) is 23.1 Å². The van der Waals surface area contributed by atoms with Crippen molar-refractivity contribution in [3.8, 4) is 5.75 Å². The monoisotopic (exact) mass is 325 g/mol. The summed E-state index contributed by atoms with van der Waals surface area (Å²) in [4.78, 5) is 0. The zero-order chi connectivity index (χ0) is 17.5. The van der Waals surface area contributed by atoms with Crippen LogP contribution in [0.3, 0.4) is 0 Å². The maximum atomic E-state index is 8.69. The smallest absolute Gasteiger partial charge is 0.170 e. The maximum Gasteiger partial charge on any atom is 0.170 e. The SMILES string of the molecule is C=CCc1cc(Nc2ccc(C(N)=NO)cc2)ccc1OC(C)C. The lowest BCUT2D eigenvalue weighted by Crippen LogP contribution is -2.12. The molecule has 0 aliphatic carbocycles. The molecule has 5 heteroatoms. The molecular weight excluding hydrogens is 302 g/mol. The first-order valence-electron chi connectivity index (χ1n) is 7.79. The molecule has 0 radical (unpaired) electrons. The van der Waals surface area contributed by atoms with E-state index < -0.39 is 0 Å². The number of ether oxygens (including phenoxy) is 1. The number of oxime groups is 1. The number of anilines is 2. The Bertz CT molecular complexity index is 722. The van der Waals surface area contributed by atoms with Gasteiger partial charge in [-0.05, 0) is 68.3 Å².